The molecule has 0 saturated carbocycles. The number of nitrogens with zero attached hydrogens (tertiary/aromatic N) is 2. The normalized spacial score (nSPS) is 19.8. The number of anilines is 1. The second kappa shape index (κ2) is 9.05. The number of benzene rings is 1. The van der Waals surface area contributed by atoms with Gasteiger partial charge in [0.25, 0.3) is 0 Å². The van der Waals surface area contributed by atoms with Crippen molar-refractivity contribution in [2.75, 3.05) is 30.3 Å². The number of thioether (sulfide) groups is 1. The molecular weight excluding hydrogens is 438 g/mol. The van der Waals surface area contributed by atoms with Crippen LogP contribution >= 0.6 is 11.8 Å². The summed E-state index contributed by atoms with van der Waals surface area (Å²) in [4.78, 5) is 28.0. The summed E-state index contributed by atoms with van der Waals surface area (Å²) in [6.07, 6.45) is 3.22. The van der Waals surface area contributed by atoms with E-state index in [2.05, 4.69) is 5.32 Å². The van der Waals surface area contributed by atoms with Gasteiger partial charge >= 0.3 is 0 Å². The van der Waals surface area contributed by atoms with Gasteiger partial charge in [-0.15, -0.1) is 11.8 Å². The van der Waals surface area contributed by atoms with Gasteiger partial charge in [-0.25, -0.2) is 8.42 Å². The first-order valence-corrected chi connectivity index (χ1v) is 12.7. The first kappa shape index (κ1) is 21.9. The van der Waals surface area contributed by atoms with Crippen molar-refractivity contribution in [1.82, 2.24) is 9.62 Å². The Bertz CT molecular complexity index is 1060. The lowest BCUT2D eigenvalue weighted by Gasteiger charge is -2.25. The average molecular weight is 464 g/mol. The Morgan fingerprint density at radius 1 is 1.26 bits per heavy atom. The highest BCUT2D eigenvalue weighted by atomic mass is 32.2. The van der Waals surface area contributed by atoms with Crippen molar-refractivity contribution in [2.24, 2.45) is 5.92 Å². The highest BCUT2D eigenvalue weighted by molar-refractivity contribution is 7.99. The minimum atomic E-state index is -3.63. The van der Waals surface area contributed by atoms with Crippen LogP contribution in [0.3, 0.4) is 0 Å². The molecule has 1 N–H and O–H groups in total. The van der Waals surface area contributed by atoms with Gasteiger partial charge in [0.05, 0.1) is 23.4 Å². The van der Waals surface area contributed by atoms with Crippen molar-refractivity contribution in [3.05, 3.63) is 42.4 Å². The molecule has 1 unspecified atom stereocenters. The number of carbonyl (C=O) groups excluding carboxylic acids is 2. The van der Waals surface area contributed by atoms with E-state index >= 15 is 0 Å². The van der Waals surface area contributed by atoms with Crippen LogP contribution in [0.1, 0.15) is 25.5 Å². The Labute approximate surface area is 186 Å². The number of carbonyl (C=O) groups is 2. The van der Waals surface area contributed by atoms with Gasteiger partial charge in [-0.05, 0) is 43.2 Å². The minimum Gasteiger partial charge on any atom is -0.467 e. The zero-order chi connectivity index (χ0) is 22.0. The second-order valence-electron chi connectivity index (χ2n) is 7.73. The van der Waals surface area contributed by atoms with E-state index in [0.29, 0.717) is 30.3 Å². The molecule has 8 nitrogen and oxygen atoms in total. The van der Waals surface area contributed by atoms with Crippen molar-refractivity contribution >= 4 is 39.3 Å². The predicted octanol–water partition coefficient (Wildman–Crippen LogP) is 2.46. The maximum atomic E-state index is 13.0. The van der Waals surface area contributed by atoms with Crippen molar-refractivity contribution in [2.45, 2.75) is 36.1 Å². The molecule has 1 aromatic heterocycles. The Kier molecular flexibility index (Phi) is 6.40. The molecule has 2 aliphatic heterocycles. The van der Waals surface area contributed by atoms with E-state index in [9.17, 15) is 18.0 Å². The van der Waals surface area contributed by atoms with E-state index in [1.807, 2.05) is 6.92 Å². The predicted molar refractivity (Wildman–Crippen MR) is 117 cm³/mol. The van der Waals surface area contributed by atoms with Gasteiger partial charge in [-0.1, -0.05) is 6.92 Å². The zero-order valence-electron chi connectivity index (χ0n) is 17.2. The van der Waals surface area contributed by atoms with Crippen LogP contribution in [0.15, 0.2) is 50.8 Å². The maximum Gasteiger partial charge on any atom is 0.243 e. The molecule has 0 bridgehead atoms. The summed E-state index contributed by atoms with van der Waals surface area (Å²) in [6.45, 7) is 2.85. The zero-order valence-corrected chi connectivity index (χ0v) is 18.9. The van der Waals surface area contributed by atoms with Crippen LogP contribution in [-0.2, 0) is 26.2 Å². The molecule has 2 aromatic rings. The molecule has 0 spiro atoms. The van der Waals surface area contributed by atoms with Crippen molar-refractivity contribution < 1.29 is 22.4 Å². The molecule has 1 saturated heterocycles. The molecule has 31 heavy (non-hydrogen) atoms. The molecule has 4 rings (SSSR count). The molecule has 2 aliphatic rings. The van der Waals surface area contributed by atoms with Crippen LogP contribution in [0.4, 0.5) is 5.69 Å². The van der Waals surface area contributed by atoms with Crippen LogP contribution in [0, 0.1) is 5.92 Å². The van der Waals surface area contributed by atoms with Gasteiger partial charge < -0.3 is 14.6 Å². The quantitative estimate of drug-likeness (QED) is 0.706. The van der Waals surface area contributed by atoms with E-state index in [4.69, 9.17) is 4.42 Å². The van der Waals surface area contributed by atoms with Crippen LogP contribution in [0.25, 0.3) is 0 Å². The lowest BCUT2D eigenvalue weighted by molar-refractivity contribution is -0.125. The molecule has 2 amide bonds. The minimum absolute atomic E-state index is 0.150. The topological polar surface area (TPSA) is 99.9 Å². The summed E-state index contributed by atoms with van der Waals surface area (Å²) in [6, 6.07) is 8.35. The fourth-order valence-corrected chi connectivity index (χ4v) is 6.29. The van der Waals surface area contributed by atoms with Crippen LogP contribution in [0.5, 0.6) is 0 Å². The Morgan fingerprint density at radius 2 is 2.03 bits per heavy atom. The molecule has 1 atom stereocenters. The van der Waals surface area contributed by atoms with Crippen molar-refractivity contribution in [3.8, 4) is 0 Å². The number of hydrogen-bond acceptors (Lipinski definition) is 6. The largest absolute Gasteiger partial charge is 0.467 e. The number of hydrogen-bond donors (Lipinski definition) is 1. The summed E-state index contributed by atoms with van der Waals surface area (Å²) >= 11 is 1.50. The van der Waals surface area contributed by atoms with Crippen molar-refractivity contribution in [1.29, 1.82) is 0 Å². The van der Waals surface area contributed by atoms with E-state index in [1.54, 1.807) is 24.3 Å². The standard InChI is InChI=1S/C21H25N3O5S2/c1-15-14-30-19-7-6-17(31(27,28)23-8-2-3-9-23)11-18(19)24(21(15)26)13-20(25)22-12-16-5-4-10-29-16/h4-7,10-11,15H,2-3,8-9,12-14H2,1H3,(H,22,25). The van der Waals surface area contributed by atoms with Gasteiger partial charge in [0.1, 0.15) is 12.3 Å². The van der Waals surface area contributed by atoms with E-state index in [1.165, 1.54) is 33.3 Å². The lowest BCUT2D eigenvalue weighted by Crippen LogP contribution is -2.43. The second-order valence-corrected chi connectivity index (χ2v) is 10.7. The van der Waals surface area contributed by atoms with Gasteiger partial charge in [-0.2, -0.15) is 4.31 Å². The summed E-state index contributed by atoms with van der Waals surface area (Å²) in [5.74, 6) is 0.333. The third-order valence-corrected chi connectivity index (χ3v) is 8.66. The summed E-state index contributed by atoms with van der Waals surface area (Å²) in [7, 11) is -3.63. The van der Waals surface area contributed by atoms with Crippen LogP contribution in [0.2, 0.25) is 0 Å². The third kappa shape index (κ3) is 4.65. The first-order valence-electron chi connectivity index (χ1n) is 10.2. The summed E-state index contributed by atoms with van der Waals surface area (Å²) in [5.41, 5.74) is 0.466. The average Bonchev–Trinajstić information content (AvgIpc) is 3.46. The molecule has 0 aliphatic carbocycles. The number of sulfonamides is 1. The number of fused-ring (bicyclic) bond motifs is 1. The van der Waals surface area contributed by atoms with Crippen molar-refractivity contribution in [3.63, 3.8) is 0 Å². The molecule has 1 fully saturated rings. The SMILES string of the molecule is CC1CSc2ccc(S(=O)(=O)N3CCCC3)cc2N(CC(=O)NCc2ccco2)C1=O. The number of furan rings is 1. The highest BCUT2D eigenvalue weighted by Crippen LogP contribution is 2.38. The molecule has 3 heterocycles. The Balaban J connectivity index is 1.61. The van der Waals surface area contributed by atoms with Crippen LogP contribution < -0.4 is 10.2 Å². The molecule has 166 valence electrons. The smallest absolute Gasteiger partial charge is 0.243 e. The fraction of sp³-hybridized carbons (Fsp3) is 0.429. The number of nitrogens with one attached hydrogen (secondary N) is 1. The van der Waals surface area contributed by atoms with Gasteiger partial charge in [0.15, 0.2) is 0 Å². The number of amides is 2. The number of rotatable bonds is 6. The van der Waals surface area contributed by atoms with Gasteiger partial charge in [0.2, 0.25) is 21.8 Å². The molecular formula is C21H25N3O5S2. The summed E-state index contributed by atoms with van der Waals surface area (Å²) < 4.78 is 32.8. The third-order valence-electron chi connectivity index (χ3n) is 5.44. The molecule has 0 radical (unpaired) electrons. The van der Waals surface area contributed by atoms with E-state index in [-0.39, 0.29) is 35.7 Å². The highest BCUT2D eigenvalue weighted by Gasteiger charge is 2.33. The summed E-state index contributed by atoms with van der Waals surface area (Å²) in [5, 5.41) is 2.75. The lowest BCUT2D eigenvalue weighted by atomic mass is 10.1. The van der Waals surface area contributed by atoms with Gasteiger partial charge in [-0.3, -0.25) is 9.59 Å². The maximum absolute atomic E-state index is 13.0. The first-order chi connectivity index (χ1) is 14.9. The molecule has 1 aromatic carbocycles. The Morgan fingerprint density at radius 3 is 2.74 bits per heavy atom. The fourth-order valence-electron chi connectivity index (χ4n) is 3.70. The van der Waals surface area contributed by atoms with E-state index < -0.39 is 10.0 Å². The molecule has 10 heteroatoms. The monoisotopic (exact) mass is 463 g/mol. The Hall–Kier alpha value is -2.30. The van der Waals surface area contributed by atoms with E-state index in [0.717, 1.165) is 17.7 Å². The van der Waals surface area contributed by atoms with Crippen LogP contribution in [-0.4, -0.2) is 49.9 Å². The van der Waals surface area contributed by atoms with Gasteiger partial charge in [0, 0.05) is 29.7 Å².